The number of carbonyl (C=O) groups is 1. The minimum Gasteiger partial charge on any atom is -0.391 e. The minimum atomic E-state index is -0.381. The van der Waals surface area contributed by atoms with Gasteiger partial charge in [0.1, 0.15) is 5.69 Å². The van der Waals surface area contributed by atoms with Gasteiger partial charge in [-0.2, -0.15) is 0 Å². The SMILES string of the molecule is CC(C)n1cc(Br)cc1C(=O)N1CCC[C@H](O)C1. The maximum Gasteiger partial charge on any atom is 0.270 e. The third kappa shape index (κ3) is 2.78. The first-order valence-corrected chi connectivity index (χ1v) is 7.13. The van der Waals surface area contributed by atoms with Crippen molar-refractivity contribution in [2.75, 3.05) is 13.1 Å². The first-order chi connectivity index (χ1) is 8.49. The zero-order valence-corrected chi connectivity index (χ0v) is 12.4. The predicted molar refractivity (Wildman–Crippen MR) is 73.7 cm³/mol. The Morgan fingerprint density at radius 2 is 2.28 bits per heavy atom. The van der Waals surface area contributed by atoms with Crippen LogP contribution in [0.1, 0.15) is 43.2 Å². The van der Waals surface area contributed by atoms with Crippen LogP contribution in [0.4, 0.5) is 0 Å². The number of rotatable bonds is 2. The molecule has 0 aliphatic carbocycles. The van der Waals surface area contributed by atoms with Gasteiger partial charge in [0.15, 0.2) is 0 Å². The normalized spacial score (nSPS) is 20.5. The van der Waals surface area contributed by atoms with Crippen molar-refractivity contribution in [3.8, 4) is 0 Å². The second-order valence-electron chi connectivity index (χ2n) is 5.09. The third-order valence-electron chi connectivity index (χ3n) is 3.27. The largest absolute Gasteiger partial charge is 0.391 e. The number of hydrogen-bond acceptors (Lipinski definition) is 2. The number of likely N-dealkylation sites (tertiary alicyclic amines) is 1. The quantitative estimate of drug-likeness (QED) is 0.911. The number of hydrogen-bond donors (Lipinski definition) is 1. The van der Waals surface area contributed by atoms with E-state index in [1.54, 1.807) is 4.90 Å². The smallest absolute Gasteiger partial charge is 0.270 e. The monoisotopic (exact) mass is 314 g/mol. The summed E-state index contributed by atoms with van der Waals surface area (Å²) in [5.74, 6) is 0.00755. The van der Waals surface area contributed by atoms with Gasteiger partial charge in [-0.15, -0.1) is 0 Å². The number of carbonyl (C=O) groups excluding carboxylic acids is 1. The fourth-order valence-corrected chi connectivity index (χ4v) is 2.78. The summed E-state index contributed by atoms with van der Waals surface area (Å²) in [5, 5.41) is 9.65. The lowest BCUT2D eigenvalue weighted by Gasteiger charge is -2.30. The van der Waals surface area contributed by atoms with Gasteiger partial charge >= 0.3 is 0 Å². The second-order valence-corrected chi connectivity index (χ2v) is 6.01. The van der Waals surface area contributed by atoms with E-state index in [1.165, 1.54) is 0 Å². The van der Waals surface area contributed by atoms with Gasteiger partial charge in [-0.25, -0.2) is 0 Å². The molecule has 4 nitrogen and oxygen atoms in total. The molecule has 1 atom stereocenters. The molecule has 1 saturated heterocycles. The zero-order chi connectivity index (χ0) is 13.3. The average molecular weight is 315 g/mol. The Kier molecular flexibility index (Phi) is 4.12. The fourth-order valence-electron chi connectivity index (χ4n) is 2.35. The van der Waals surface area contributed by atoms with Crippen LogP contribution in [-0.2, 0) is 0 Å². The summed E-state index contributed by atoms with van der Waals surface area (Å²) in [6, 6.07) is 2.09. The van der Waals surface area contributed by atoms with E-state index in [4.69, 9.17) is 0 Å². The molecule has 1 N–H and O–H groups in total. The average Bonchev–Trinajstić information content (AvgIpc) is 2.70. The number of aliphatic hydroxyl groups excluding tert-OH is 1. The van der Waals surface area contributed by atoms with Crippen molar-refractivity contribution in [1.82, 2.24) is 9.47 Å². The lowest BCUT2D eigenvalue weighted by Crippen LogP contribution is -2.42. The van der Waals surface area contributed by atoms with E-state index in [9.17, 15) is 9.90 Å². The molecule has 18 heavy (non-hydrogen) atoms. The Balaban J connectivity index is 2.22. The lowest BCUT2D eigenvalue weighted by atomic mass is 10.1. The van der Waals surface area contributed by atoms with Crippen LogP contribution in [0.25, 0.3) is 0 Å². The molecule has 2 heterocycles. The van der Waals surface area contributed by atoms with Gasteiger partial charge in [0.05, 0.1) is 6.10 Å². The molecule has 1 amide bonds. The van der Waals surface area contributed by atoms with Gasteiger partial charge in [-0.05, 0) is 48.7 Å². The summed E-state index contributed by atoms with van der Waals surface area (Å²) in [6.07, 6.45) is 3.21. The highest BCUT2D eigenvalue weighted by Crippen LogP contribution is 2.22. The fraction of sp³-hybridized carbons (Fsp3) is 0.615. The van der Waals surface area contributed by atoms with E-state index >= 15 is 0 Å². The third-order valence-corrected chi connectivity index (χ3v) is 3.71. The van der Waals surface area contributed by atoms with Crippen molar-refractivity contribution in [3.05, 3.63) is 22.4 Å². The molecule has 1 aliphatic rings. The molecule has 1 fully saturated rings. The molecule has 0 saturated carbocycles. The van der Waals surface area contributed by atoms with E-state index in [0.717, 1.165) is 23.9 Å². The number of β-amino-alcohol motifs (C(OH)–C–C–N with tert-alkyl or cyclic N) is 1. The number of aliphatic hydroxyl groups is 1. The van der Waals surface area contributed by atoms with Crippen LogP contribution in [0.2, 0.25) is 0 Å². The number of amides is 1. The highest BCUT2D eigenvalue weighted by atomic mass is 79.9. The molecule has 1 aliphatic heterocycles. The van der Waals surface area contributed by atoms with Gasteiger partial charge in [0.2, 0.25) is 0 Å². The van der Waals surface area contributed by atoms with E-state index in [1.807, 2.05) is 30.7 Å². The first kappa shape index (κ1) is 13.6. The molecule has 0 spiro atoms. The second kappa shape index (κ2) is 5.45. The van der Waals surface area contributed by atoms with E-state index in [0.29, 0.717) is 12.2 Å². The summed E-state index contributed by atoms with van der Waals surface area (Å²) in [7, 11) is 0. The molecule has 5 heteroatoms. The van der Waals surface area contributed by atoms with Crippen LogP contribution < -0.4 is 0 Å². The highest BCUT2D eigenvalue weighted by Gasteiger charge is 2.25. The number of piperidine rings is 1. The Labute approximate surface area is 116 Å². The Morgan fingerprint density at radius 1 is 1.56 bits per heavy atom. The van der Waals surface area contributed by atoms with Crippen LogP contribution in [0.5, 0.6) is 0 Å². The molecular weight excluding hydrogens is 296 g/mol. The summed E-state index contributed by atoms with van der Waals surface area (Å²) in [5.41, 5.74) is 0.686. The lowest BCUT2D eigenvalue weighted by molar-refractivity contribution is 0.0464. The minimum absolute atomic E-state index is 0.00755. The molecule has 2 rings (SSSR count). The summed E-state index contributed by atoms with van der Waals surface area (Å²) >= 11 is 3.41. The molecule has 100 valence electrons. The van der Waals surface area contributed by atoms with Crippen LogP contribution in [-0.4, -0.2) is 39.7 Å². The van der Waals surface area contributed by atoms with Crippen LogP contribution in [0, 0.1) is 0 Å². The van der Waals surface area contributed by atoms with Gasteiger partial charge in [-0.1, -0.05) is 0 Å². The van der Waals surface area contributed by atoms with Gasteiger partial charge in [-0.3, -0.25) is 4.79 Å². The van der Waals surface area contributed by atoms with Crippen molar-refractivity contribution >= 4 is 21.8 Å². The van der Waals surface area contributed by atoms with Gasteiger partial charge < -0.3 is 14.6 Å². The van der Waals surface area contributed by atoms with Crippen molar-refractivity contribution in [3.63, 3.8) is 0 Å². The van der Waals surface area contributed by atoms with E-state index in [2.05, 4.69) is 15.9 Å². The van der Waals surface area contributed by atoms with Crippen molar-refractivity contribution in [1.29, 1.82) is 0 Å². The molecule has 1 aromatic heterocycles. The van der Waals surface area contributed by atoms with Crippen molar-refractivity contribution in [2.24, 2.45) is 0 Å². The van der Waals surface area contributed by atoms with Crippen molar-refractivity contribution < 1.29 is 9.90 Å². The maximum atomic E-state index is 12.5. The Hall–Kier alpha value is -0.810. The van der Waals surface area contributed by atoms with Crippen molar-refractivity contribution in [2.45, 2.75) is 38.8 Å². The summed E-state index contributed by atoms with van der Waals surface area (Å²) < 4.78 is 2.88. The standard InChI is InChI=1S/C13H19BrN2O2/c1-9(2)16-7-10(14)6-12(16)13(18)15-5-3-4-11(17)8-15/h6-7,9,11,17H,3-5,8H2,1-2H3/t11-/m0/s1. The topological polar surface area (TPSA) is 45.5 Å². The molecule has 0 unspecified atom stereocenters. The molecular formula is C13H19BrN2O2. The highest BCUT2D eigenvalue weighted by molar-refractivity contribution is 9.10. The number of halogens is 1. The predicted octanol–water partition coefficient (Wildman–Crippen LogP) is 2.43. The summed E-state index contributed by atoms with van der Waals surface area (Å²) in [6.45, 7) is 5.28. The van der Waals surface area contributed by atoms with Crippen LogP contribution >= 0.6 is 15.9 Å². The van der Waals surface area contributed by atoms with E-state index in [-0.39, 0.29) is 18.1 Å². The Bertz CT molecular complexity index is 442. The summed E-state index contributed by atoms with van der Waals surface area (Å²) in [4.78, 5) is 14.2. The number of nitrogens with zero attached hydrogens (tertiary/aromatic N) is 2. The Morgan fingerprint density at radius 3 is 2.89 bits per heavy atom. The molecule has 0 aromatic carbocycles. The van der Waals surface area contributed by atoms with Gasteiger partial charge in [0.25, 0.3) is 5.91 Å². The molecule has 0 bridgehead atoms. The number of aromatic nitrogens is 1. The van der Waals surface area contributed by atoms with Crippen LogP contribution in [0.3, 0.4) is 0 Å². The first-order valence-electron chi connectivity index (χ1n) is 6.33. The maximum absolute atomic E-state index is 12.5. The zero-order valence-electron chi connectivity index (χ0n) is 10.8. The molecule has 0 radical (unpaired) electrons. The van der Waals surface area contributed by atoms with Gasteiger partial charge in [0, 0.05) is 29.8 Å². The molecule has 1 aromatic rings. The van der Waals surface area contributed by atoms with E-state index < -0.39 is 0 Å². The van der Waals surface area contributed by atoms with Crippen LogP contribution in [0.15, 0.2) is 16.7 Å².